The molecular formula is C17H15N3O2. The van der Waals surface area contributed by atoms with Gasteiger partial charge in [-0.3, -0.25) is 4.79 Å². The third-order valence-corrected chi connectivity index (χ3v) is 3.43. The maximum atomic E-state index is 12.4. The monoisotopic (exact) mass is 293 g/mol. The van der Waals surface area contributed by atoms with Crippen LogP contribution in [0.5, 0.6) is 0 Å². The molecule has 1 amide bonds. The summed E-state index contributed by atoms with van der Waals surface area (Å²) >= 11 is 0. The standard InChI is InChI=1S/C17H15N3O2/c21-11-15(12-7-3-1-4-8-12)18-17(22)16-13-9-5-2-6-10-14(13)19-20-16/h1-10,15,21H,11H2,(H,18,22)/t15-/m0/s1. The molecule has 0 bridgehead atoms. The van der Waals surface area contributed by atoms with E-state index >= 15 is 0 Å². The Hall–Kier alpha value is -2.79. The van der Waals surface area contributed by atoms with E-state index in [1.54, 1.807) is 12.1 Å². The van der Waals surface area contributed by atoms with Crippen molar-refractivity contribution in [3.05, 3.63) is 71.9 Å². The zero-order chi connectivity index (χ0) is 15.4. The lowest BCUT2D eigenvalue weighted by Crippen LogP contribution is -2.31. The van der Waals surface area contributed by atoms with Gasteiger partial charge in [0.1, 0.15) is 0 Å². The van der Waals surface area contributed by atoms with E-state index < -0.39 is 6.04 Å². The Labute approximate surface area is 128 Å². The minimum atomic E-state index is -0.474. The number of hydrogen-bond acceptors (Lipinski definition) is 4. The largest absolute Gasteiger partial charge is 0.394 e. The quantitative estimate of drug-likeness (QED) is 0.772. The van der Waals surface area contributed by atoms with E-state index in [1.807, 2.05) is 48.5 Å². The molecule has 1 aliphatic heterocycles. The van der Waals surface area contributed by atoms with Gasteiger partial charge in [0.2, 0.25) is 0 Å². The molecule has 110 valence electrons. The first-order valence-corrected chi connectivity index (χ1v) is 6.97. The summed E-state index contributed by atoms with van der Waals surface area (Å²) in [7, 11) is 0. The molecule has 5 heteroatoms. The molecule has 0 radical (unpaired) electrons. The lowest BCUT2D eigenvalue weighted by atomic mass is 10.1. The minimum Gasteiger partial charge on any atom is -0.394 e. The van der Waals surface area contributed by atoms with Gasteiger partial charge in [0.25, 0.3) is 5.91 Å². The van der Waals surface area contributed by atoms with Crippen molar-refractivity contribution in [1.82, 2.24) is 15.5 Å². The summed E-state index contributed by atoms with van der Waals surface area (Å²) in [5.74, 6) is -0.350. The molecule has 0 fully saturated rings. The first-order chi connectivity index (χ1) is 10.8. The minimum absolute atomic E-state index is 0.185. The number of nitrogens with zero attached hydrogens (tertiary/aromatic N) is 2. The predicted octanol–water partition coefficient (Wildman–Crippen LogP) is 2.04. The maximum absolute atomic E-state index is 12.4. The lowest BCUT2D eigenvalue weighted by molar-refractivity contribution is 0.0912. The van der Waals surface area contributed by atoms with Crippen LogP contribution in [0.25, 0.3) is 11.3 Å². The number of amides is 1. The van der Waals surface area contributed by atoms with Gasteiger partial charge >= 0.3 is 0 Å². The third-order valence-electron chi connectivity index (χ3n) is 3.43. The number of fused-ring (bicyclic) bond motifs is 1. The van der Waals surface area contributed by atoms with Crippen LogP contribution < -0.4 is 5.32 Å². The Kier molecular flexibility index (Phi) is 4.07. The second-order valence-electron chi connectivity index (χ2n) is 4.88. The van der Waals surface area contributed by atoms with Gasteiger partial charge in [-0.15, -0.1) is 10.2 Å². The molecule has 1 heterocycles. The van der Waals surface area contributed by atoms with Crippen molar-refractivity contribution in [3.8, 4) is 11.3 Å². The van der Waals surface area contributed by atoms with Gasteiger partial charge in [-0.1, -0.05) is 54.6 Å². The van der Waals surface area contributed by atoms with Gasteiger partial charge in [0.15, 0.2) is 5.69 Å². The smallest absolute Gasteiger partial charge is 0.273 e. The summed E-state index contributed by atoms with van der Waals surface area (Å²) in [5, 5.41) is 20.3. The van der Waals surface area contributed by atoms with Gasteiger partial charge in [-0.05, 0) is 11.6 Å². The number of aliphatic hydroxyl groups is 1. The molecule has 22 heavy (non-hydrogen) atoms. The van der Waals surface area contributed by atoms with Crippen LogP contribution in [-0.4, -0.2) is 27.8 Å². The van der Waals surface area contributed by atoms with Crippen molar-refractivity contribution in [2.45, 2.75) is 6.04 Å². The van der Waals surface area contributed by atoms with Crippen molar-refractivity contribution in [2.24, 2.45) is 0 Å². The van der Waals surface area contributed by atoms with E-state index in [0.29, 0.717) is 11.3 Å². The third kappa shape index (κ3) is 2.80. The fourth-order valence-corrected chi connectivity index (χ4v) is 2.30. The van der Waals surface area contributed by atoms with E-state index in [-0.39, 0.29) is 18.2 Å². The molecule has 1 aromatic carbocycles. The van der Waals surface area contributed by atoms with Gasteiger partial charge < -0.3 is 10.4 Å². The molecule has 1 atom stereocenters. The lowest BCUT2D eigenvalue weighted by Gasteiger charge is -2.16. The summed E-state index contributed by atoms with van der Waals surface area (Å²) in [6.07, 6.45) is 0. The molecule has 5 nitrogen and oxygen atoms in total. The fraction of sp³-hybridized carbons (Fsp3) is 0.118. The van der Waals surface area contributed by atoms with Crippen LogP contribution in [0.1, 0.15) is 22.1 Å². The normalized spacial score (nSPS) is 12.0. The van der Waals surface area contributed by atoms with Crippen molar-refractivity contribution in [2.75, 3.05) is 6.61 Å². The van der Waals surface area contributed by atoms with Gasteiger partial charge in [0.05, 0.1) is 18.3 Å². The summed E-state index contributed by atoms with van der Waals surface area (Å²) < 4.78 is 0. The molecule has 1 aromatic rings. The van der Waals surface area contributed by atoms with Crippen LogP contribution in [0.4, 0.5) is 0 Å². The molecule has 1 aliphatic carbocycles. The van der Waals surface area contributed by atoms with Crippen LogP contribution in [0.2, 0.25) is 0 Å². The fourth-order valence-electron chi connectivity index (χ4n) is 2.30. The second kappa shape index (κ2) is 6.32. The van der Waals surface area contributed by atoms with Gasteiger partial charge in [0, 0.05) is 5.56 Å². The number of aromatic nitrogens is 2. The number of rotatable bonds is 4. The SMILES string of the molecule is O=C(N[C@@H](CO)c1ccccc1)c1nnc2cccccc1-2. The molecule has 2 N–H and O–H groups in total. The molecule has 0 unspecified atom stereocenters. The highest BCUT2D eigenvalue weighted by molar-refractivity contribution is 5.99. The molecule has 0 saturated heterocycles. The summed E-state index contributed by atoms with van der Waals surface area (Å²) in [6.45, 7) is -0.185. The number of aliphatic hydroxyl groups excluding tert-OH is 1. The Balaban J connectivity index is 1.85. The number of benzene rings is 1. The van der Waals surface area contributed by atoms with Crippen LogP contribution >= 0.6 is 0 Å². The van der Waals surface area contributed by atoms with Crippen molar-refractivity contribution in [1.29, 1.82) is 0 Å². The summed E-state index contributed by atoms with van der Waals surface area (Å²) in [5.41, 5.74) is 2.45. The first kappa shape index (κ1) is 14.2. The Bertz CT molecular complexity index is 746. The molecule has 3 rings (SSSR count). The van der Waals surface area contributed by atoms with E-state index in [9.17, 15) is 9.90 Å². The highest BCUT2D eigenvalue weighted by Crippen LogP contribution is 2.22. The van der Waals surface area contributed by atoms with Gasteiger partial charge in [-0.2, -0.15) is 0 Å². The number of carbonyl (C=O) groups excluding carboxylic acids is 1. The number of nitrogens with one attached hydrogen (secondary N) is 1. The molecule has 2 aliphatic rings. The zero-order valence-corrected chi connectivity index (χ0v) is 11.8. The molecule has 0 spiro atoms. The van der Waals surface area contributed by atoms with E-state index in [1.165, 1.54) is 0 Å². The molecule has 0 aromatic heterocycles. The highest BCUT2D eigenvalue weighted by Gasteiger charge is 2.21. The molecule has 0 saturated carbocycles. The highest BCUT2D eigenvalue weighted by atomic mass is 16.3. The van der Waals surface area contributed by atoms with Crippen molar-refractivity contribution >= 4 is 5.91 Å². The van der Waals surface area contributed by atoms with Crippen LogP contribution in [0.3, 0.4) is 0 Å². The van der Waals surface area contributed by atoms with Crippen molar-refractivity contribution < 1.29 is 9.90 Å². The van der Waals surface area contributed by atoms with Crippen molar-refractivity contribution in [3.63, 3.8) is 0 Å². The molecular weight excluding hydrogens is 278 g/mol. The van der Waals surface area contributed by atoms with Gasteiger partial charge in [-0.25, -0.2) is 0 Å². The number of hydrogen-bond donors (Lipinski definition) is 2. The predicted molar refractivity (Wildman–Crippen MR) is 82.4 cm³/mol. The maximum Gasteiger partial charge on any atom is 0.273 e. The van der Waals surface area contributed by atoms with Crippen LogP contribution in [-0.2, 0) is 0 Å². The number of carbonyl (C=O) groups is 1. The van der Waals surface area contributed by atoms with Crippen LogP contribution in [0.15, 0.2) is 60.7 Å². The average Bonchev–Trinajstić information content (AvgIpc) is 2.82. The Morgan fingerprint density at radius 1 is 1.00 bits per heavy atom. The Morgan fingerprint density at radius 2 is 1.68 bits per heavy atom. The summed E-state index contributed by atoms with van der Waals surface area (Å²) in [4.78, 5) is 12.4. The topological polar surface area (TPSA) is 75.1 Å². The Morgan fingerprint density at radius 3 is 2.41 bits per heavy atom. The van der Waals surface area contributed by atoms with E-state index in [4.69, 9.17) is 0 Å². The first-order valence-electron chi connectivity index (χ1n) is 6.97. The van der Waals surface area contributed by atoms with E-state index in [0.717, 1.165) is 5.56 Å². The average molecular weight is 293 g/mol. The zero-order valence-electron chi connectivity index (χ0n) is 11.8. The second-order valence-corrected chi connectivity index (χ2v) is 4.88. The van der Waals surface area contributed by atoms with E-state index in [2.05, 4.69) is 15.5 Å². The van der Waals surface area contributed by atoms with Crippen LogP contribution in [0, 0.1) is 0 Å². The summed E-state index contributed by atoms with van der Waals surface area (Å²) in [6, 6.07) is 18.0.